The molecule has 166 valence electrons. The molecule has 0 saturated carbocycles. The lowest BCUT2D eigenvalue weighted by atomic mass is 10.1. The quantitative estimate of drug-likeness (QED) is 0.319. The summed E-state index contributed by atoms with van der Waals surface area (Å²) in [5.41, 5.74) is 2.26. The third-order valence-electron chi connectivity index (χ3n) is 5.06. The van der Waals surface area contributed by atoms with Crippen LogP contribution in [0.25, 0.3) is 21.8 Å². The van der Waals surface area contributed by atoms with Gasteiger partial charge in [-0.2, -0.15) is 12.6 Å². The number of rotatable bonds is 7. The molecule has 2 aromatic carbocycles. The van der Waals surface area contributed by atoms with Crippen LogP contribution in [0.1, 0.15) is 23.7 Å². The Morgan fingerprint density at radius 3 is 2.59 bits per heavy atom. The van der Waals surface area contributed by atoms with Gasteiger partial charge in [0.1, 0.15) is 11.1 Å². The average Bonchev–Trinajstić information content (AvgIpc) is 3.19. The zero-order chi connectivity index (χ0) is 22.7. The van der Waals surface area contributed by atoms with Gasteiger partial charge in [0.2, 0.25) is 0 Å². The number of nitrogens with zero attached hydrogens (tertiary/aromatic N) is 3. The number of carbonyl (C=O) groups is 1. The van der Waals surface area contributed by atoms with Crippen molar-refractivity contribution in [2.75, 3.05) is 20.8 Å². The molecule has 0 radical (unpaired) electrons. The topological polar surface area (TPSA) is 84.7 Å². The molecule has 4 aromatic rings. The number of hydrogen-bond donors (Lipinski definition) is 1. The van der Waals surface area contributed by atoms with Gasteiger partial charge in [-0.15, -0.1) is 0 Å². The van der Waals surface area contributed by atoms with Crippen LogP contribution in [0.15, 0.2) is 48.7 Å². The maximum absolute atomic E-state index is 11.8. The summed E-state index contributed by atoms with van der Waals surface area (Å²) in [5, 5.41) is 1.28. The van der Waals surface area contributed by atoms with E-state index in [-0.39, 0.29) is 13.3 Å². The normalized spacial score (nSPS) is 12.0. The van der Waals surface area contributed by atoms with Crippen molar-refractivity contribution >= 4 is 40.6 Å². The van der Waals surface area contributed by atoms with E-state index in [1.807, 2.05) is 42.5 Å². The van der Waals surface area contributed by atoms with Crippen LogP contribution in [0, 0.1) is 0 Å². The minimum absolute atomic E-state index is 0.0619. The second kappa shape index (κ2) is 9.35. The van der Waals surface area contributed by atoms with E-state index in [2.05, 4.69) is 4.98 Å². The highest BCUT2D eigenvalue weighted by Gasteiger charge is 2.23. The molecule has 4 rings (SSSR count). The average molecular weight is 454 g/mol. The fraction of sp³-hybridized carbons (Fsp3) is 0.261. The molecule has 0 bridgehead atoms. The van der Waals surface area contributed by atoms with Crippen LogP contribution in [0.4, 0.5) is 4.79 Å². The molecule has 0 spiro atoms. The molecule has 0 amide bonds. The van der Waals surface area contributed by atoms with E-state index in [1.54, 1.807) is 31.9 Å². The molecule has 8 nitrogen and oxygen atoms in total. The van der Waals surface area contributed by atoms with Crippen molar-refractivity contribution < 1.29 is 23.7 Å². The highest BCUT2D eigenvalue weighted by atomic mass is 32.1. The Hall–Kier alpha value is -3.46. The van der Waals surface area contributed by atoms with Crippen LogP contribution in [-0.4, -0.2) is 41.5 Å². The fourth-order valence-corrected chi connectivity index (χ4v) is 3.98. The Labute approximate surface area is 190 Å². The lowest BCUT2D eigenvalue weighted by molar-refractivity contribution is 0.0374. The second-order valence-electron chi connectivity index (χ2n) is 6.87. The van der Waals surface area contributed by atoms with E-state index in [1.165, 1.54) is 0 Å². The molecule has 0 fully saturated rings. The van der Waals surface area contributed by atoms with Crippen molar-refractivity contribution in [3.05, 3.63) is 60.2 Å². The van der Waals surface area contributed by atoms with Crippen molar-refractivity contribution in [3.8, 4) is 11.5 Å². The van der Waals surface area contributed by atoms with Gasteiger partial charge in [0, 0.05) is 11.6 Å². The van der Waals surface area contributed by atoms with Crippen molar-refractivity contribution in [2.24, 2.45) is 0 Å². The Morgan fingerprint density at radius 1 is 1.09 bits per heavy atom. The monoisotopic (exact) mass is 453 g/mol. The van der Waals surface area contributed by atoms with Crippen LogP contribution < -0.4 is 9.47 Å². The highest BCUT2D eigenvalue weighted by Crippen LogP contribution is 2.38. The minimum Gasteiger partial charge on any atom is -0.493 e. The summed E-state index contributed by atoms with van der Waals surface area (Å²) in [4.78, 5) is 21.1. The molecular formula is C23H23N3O5S. The maximum atomic E-state index is 11.8. The Bertz CT molecular complexity index is 1270. The molecule has 0 aliphatic carbocycles. The van der Waals surface area contributed by atoms with Crippen LogP contribution in [0.3, 0.4) is 0 Å². The number of carbonyl (C=O) groups excluding carboxylic acids is 1. The van der Waals surface area contributed by atoms with E-state index in [0.717, 1.165) is 21.8 Å². The Balaban J connectivity index is 1.81. The third-order valence-corrected chi connectivity index (χ3v) is 5.54. The van der Waals surface area contributed by atoms with Gasteiger partial charge in [-0.3, -0.25) is 9.55 Å². The van der Waals surface area contributed by atoms with Gasteiger partial charge in [0.25, 0.3) is 0 Å². The summed E-state index contributed by atoms with van der Waals surface area (Å²) >= 11 is 4.87. The van der Waals surface area contributed by atoms with Gasteiger partial charge >= 0.3 is 6.16 Å². The number of hydrogen-bond acceptors (Lipinski definition) is 8. The van der Waals surface area contributed by atoms with Gasteiger partial charge in [0.15, 0.2) is 18.2 Å². The predicted octanol–water partition coefficient (Wildman–Crippen LogP) is 4.75. The fourth-order valence-electron chi connectivity index (χ4n) is 3.58. The van der Waals surface area contributed by atoms with Crippen molar-refractivity contribution in [1.82, 2.24) is 14.5 Å². The van der Waals surface area contributed by atoms with E-state index in [4.69, 9.17) is 36.6 Å². The van der Waals surface area contributed by atoms with Gasteiger partial charge in [-0.1, -0.05) is 12.1 Å². The predicted molar refractivity (Wildman–Crippen MR) is 124 cm³/mol. The minimum atomic E-state index is -0.743. The summed E-state index contributed by atoms with van der Waals surface area (Å²) in [7, 11) is 3.18. The highest BCUT2D eigenvalue weighted by molar-refractivity contribution is 7.80. The number of para-hydroxylation sites is 2. The molecule has 0 N–H and O–H groups in total. The van der Waals surface area contributed by atoms with Gasteiger partial charge in [-0.05, 0) is 42.6 Å². The first-order chi connectivity index (χ1) is 15.6. The molecular weight excluding hydrogens is 430 g/mol. The Morgan fingerprint density at radius 2 is 1.84 bits per heavy atom. The van der Waals surface area contributed by atoms with Gasteiger partial charge < -0.3 is 18.9 Å². The largest absolute Gasteiger partial charge is 0.510 e. The van der Waals surface area contributed by atoms with E-state index in [9.17, 15) is 4.79 Å². The number of imidazole rings is 1. The zero-order valence-electron chi connectivity index (χ0n) is 17.9. The first kappa shape index (κ1) is 21.8. The lowest BCUT2D eigenvalue weighted by Crippen LogP contribution is -2.14. The first-order valence-electron chi connectivity index (χ1n) is 10.0. The lowest BCUT2D eigenvalue weighted by Gasteiger charge is -2.17. The molecule has 32 heavy (non-hydrogen) atoms. The number of pyridine rings is 1. The summed E-state index contributed by atoms with van der Waals surface area (Å²) in [6, 6.07) is 13.3. The standard InChI is InChI=1S/C23H23N3O5S/c1-4-30-23(27)31-13-26-17-8-6-5-7-16(17)25-22(26)21(32)20-15-12-19(29-3)18(28-2)11-14(15)9-10-24-20/h5-12,21,32H,4,13H2,1-3H3. The molecule has 2 aromatic heterocycles. The smallest absolute Gasteiger partial charge is 0.493 e. The van der Waals surface area contributed by atoms with Crippen LogP contribution in [-0.2, 0) is 16.2 Å². The number of ether oxygens (including phenoxy) is 4. The van der Waals surface area contributed by atoms with Crippen LogP contribution >= 0.6 is 12.6 Å². The summed E-state index contributed by atoms with van der Waals surface area (Å²) in [6.07, 6.45) is 0.974. The third kappa shape index (κ3) is 4.03. The van der Waals surface area contributed by atoms with Gasteiger partial charge in [-0.25, -0.2) is 9.78 Å². The van der Waals surface area contributed by atoms with E-state index in [0.29, 0.717) is 23.0 Å². The molecule has 9 heteroatoms. The second-order valence-corrected chi connectivity index (χ2v) is 7.39. The number of methoxy groups -OCH3 is 2. The zero-order valence-corrected chi connectivity index (χ0v) is 18.8. The molecule has 0 aliphatic rings. The number of thiol groups is 1. The Kier molecular flexibility index (Phi) is 6.36. The summed E-state index contributed by atoms with van der Waals surface area (Å²) in [5.74, 6) is 1.81. The van der Waals surface area contributed by atoms with Crippen molar-refractivity contribution in [3.63, 3.8) is 0 Å². The van der Waals surface area contributed by atoms with Crippen molar-refractivity contribution in [2.45, 2.75) is 18.9 Å². The van der Waals surface area contributed by atoms with E-state index >= 15 is 0 Å². The van der Waals surface area contributed by atoms with Crippen LogP contribution in [0.5, 0.6) is 11.5 Å². The molecule has 1 unspecified atom stereocenters. The first-order valence-corrected chi connectivity index (χ1v) is 10.5. The molecule has 2 heterocycles. The van der Waals surface area contributed by atoms with Gasteiger partial charge in [0.05, 0.1) is 37.6 Å². The molecule has 0 aliphatic heterocycles. The van der Waals surface area contributed by atoms with E-state index < -0.39 is 11.4 Å². The molecule has 1 atom stereocenters. The number of fused-ring (bicyclic) bond motifs is 2. The number of aromatic nitrogens is 3. The van der Waals surface area contributed by atoms with Crippen molar-refractivity contribution in [1.29, 1.82) is 0 Å². The summed E-state index contributed by atoms with van der Waals surface area (Å²) in [6.45, 7) is 1.89. The van der Waals surface area contributed by atoms with Crippen LogP contribution in [0.2, 0.25) is 0 Å². The SMILES string of the molecule is CCOC(=O)OCn1c(C(S)c2nccc3cc(OC)c(OC)cc23)nc2ccccc21. The number of benzene rings is 2. The molecule has 0 saturated heterocycles. The summed E-state index contributed by atoms with van der Waals surface area (Å²) < 4.78 is 22.9. The maximum Gasteiger partial charge on any atom is 0.510 e.